The molecule has 1 aromatic carbocycles. The number of halogens is 1. The van der Waals surface area contributed by atoms with Crippen LogP contribution in [0.25, 0.3) is 0 Å². The largest absolute Gasteiger partial charge is 0.399 e. The van der Waals surface area contributed by atoms with Gasteiger partial charge in [0.25, 0.3) is 5.91 Å². The number of hydrogen-bond acceptors (Lipinski definition) is 3. The average Bonchev–Trinajstić information content (AvgIpc) is 2.74. The van der Waals surface area contributed by atoms with Gasteiger partial charge in [-0.25, -0.2) is 0 Å². The van der Waals surface area contributed by atoms with Gasteiger partial charge in [0.15, 0.2) is 0 Å². The molecule has 92 valence electrons. The predicted octanol–water partition coefficient (Wildman–Crippen LogP) is 1.63. The lowest BCUT2D eigenvalue weighted by molar-refractivity contribution is 0.0677. The van der Waals surface area contributed by atoms with Crippen LogP contribution in [0.1, 0.15) is 23.2 Å². The molecule has 1 atom stereocenters. The van der Waals surface area contributed by atoms with Crippen LogP contribution in [0, 0.1) is 0 Å². The molecule has 0 bridgehead atoms. The Morgan fingerprint density at radius 3 is 2.94 bits per heavy atom. The number of nitrogens with two attached hydrogens (primary N) is 1. The summed E-state index contributed by atoms with van der Waals surface area (Å²) in [5, 5.41) is 9.21. The smallest absolute Gasteiger partial charge is 0.254 e. The van der Waals surface area contributed by atoms with Crippen LogP contribution >= 0.6 is 15.9 Å². The third-order valence-corrected chi connectivity index (χ3v) is 3.47. The summed E-state index contributed by atoms with van der Waals surface area (Å²) in [4.78, 5) is 14.0. The summed E-state index contributed by atoms with van der Waals surface area (Å²) in [6.07, 6.45) is 1.81. The second-order valence-corrected chi connectivity index (χ2v) is 5.17. The van der Waals surface area contributed by atoms with Crippen LogP contribution in [0.5, 0.6) is 0 Å². The Morgan fingerprint density at radius 2 is 2.29 bits per heavy atom. The lowest BCUT2D eigenvalue weighted by atomic mass is 10.1. The molecule has 4 nitrogen and oxygen atoms in total. The zero-order chi connectivity index (χ0) is 12.4. The van der Waals surface area contributed by atoms with Crippen molar-refractivity contribution in [3.63, 3.8) is 0 Å². The fourth-order valence-electron chi connectivity index (χ4n) is 2.19. The molecule has 2 rings (SSSR count). The van der Waals surface area contributed by atoms with E-state index in [2.05, 4.69) is 15.9 Å². The molecule has 1 saturated heterocycles. The van der Waals surface area contributed by atoms with E-state index >= 15 is 0 Å². The number of anilines is 1. The summed E-state index contributed by atoms with van der Waals surface area (Å²) < 4.78 is 0.792. The highest BCUT2D eigenvalue weighted by atomic mass is 79.9. The molecule has 0 radical (unpaired) electrons. The van der Waals surface area contributed by atoms with Crippen LogP contribution < -0.4 is 5.73 Å². The summed E-state index contributed by atoms with van der Waals surface area (Å²) >= 11 is 3.32. The van der Waals surface area contributed by atoms with Gasteiger partial charge in [-0.2, -0.15) is 0 Å². The SMILES string of the molecule is Nc1cc(Br)cc(C(=O)N2CCCC2CO)c1. The van der Waals surface area contributed by atoms with Gasteiger partial charge in [0.2, 0.25) is 0 Å². The van der Waals surface area contributed by atoms with Crippen molar-refractivity contribution in [1.29, 1.82) is 0 Å². The van der Waals surface area contributed by atoms with Gasteiger partial charge < -0.3 is 15.7 Å². The minimum absolute atomic E-state index is 0.0230. The highest BCUT2D eigenvalue weighted by Gasteiger charge is 2.28. The minimum atomic E-state index is -0.0606. The molecule has 0 aromatic heterocycles. The van der Waals surface area contributed by atoms with Crippen LogP contribution in [0.4, 0.5) is 5.69 Å². The van der Waals surface area contributed by atoms with E-state index in [4.69, 9.17) is 5.73 Å². The van der Waals surface area contributed by atoms with Crippen molar-refractivity contribution in [3.8, 4) is 0 Å². The van der Waals surface area contributed by atoms with E-state index in [0.29, 0.717) is 17.8 Å². The van der Waals surface area contributed by atoms with Crippen molar-refractivity contribution in [2.45, 2.75) is 18.9 Å². The van der Waals surface area contributed by atoms with Crippen LogP contribution in [0.2, 0.25) is 0 Å². The first-order chi connectivity index (χ1) is 8.11. The first kappa shape index (κ1) is 12.4. The Bertz CT molecular complexity index is 416. The van der Waals surface area contributed by atoms with Gasteiger partial charge in [-0.3, -0.25) is 4.79 Å². The van der Waals surface area contributed by atoms with Crippen molar-refractivity contribution in [3.05, 3.63) is 28.2 Å². The van der Waals surface area contributed by atoms with Gasteiger partial charge in [0.1, 0.15) is 0 Å². The summed E-state index contributed by atoms with van der Waals surface area (Å²) in [6.45, 7) is 0.728. The molecule has 1 unspecified atom stereocenters. The van der Waals surface area contributed by atoms with Crippen LogP contribution in [0.3, 0.4) is 0 Å². The van der Waals surface area contributed by atoms with Crippen molar-refractivity contribution in [2.75, 3.05) is 18.9 Å². The molecular weight excluding hydrogens is 284 g/mol. The fourth-order valence-corrected chi connectivity index (χ4v) is 2.71. The first-order valence-corrected chi connectivity index (χ1v) is 6.39. The highest BCUT2D eigenvalue weighted by molar-refractivity contribution is 9.10. The maximum absolute atomic E-state index is 12.3. The summed E-state index contributed by atoms with van der Waals surface area (Å²) in [5.74, 6) is -0.0606. The molecule has 3 N–H and O–H groups in total. The van der Waals surface area contributed by atoms with Gasteiger partial charge in [-0.05, 0) is 31.0 Å². The van der Waals surface area contributed by atoms with Crippen LogP contribution in [0.15, 0.2) is 22.7 Å². The number of aliphatic hydroxyl groups is 1. The van der Waals surface area contributed by atoms with Crippen molar-refractivity contribution in [2.24, 2.45) is 0 Å². The molecule has 0 saturated carbocycles. The van der Waals surface area contributed by atoms with Crippen molar-refractivity contribution in [1.82, 2.24) is 4.90 Å². The molecule has 5 heteroatoms. The van der Waals surface area contributed by atoms with Gasteiger partial charge >= 0.3 is 0 Å². The second-order valence-electron chi connectivity index (χ2n) is 4.25. The standard InChI is InChI=1S/C12H15BrN2O2/c13-9-4-8(5-10(14)6-9)12(17)15-3-1-2-11(15)7-16/h4-6,11,16H,1-3,7,14H2. The van der Waals surface area contributed by atoms with Crippen LogP contribution in [-0.2, 0) is 0 Å². The van der Waals surface area contributed by atoms with Gasteiger partial charge in [-0.15, -0.1) is 0 Å². The Hall–Kier alpha value is -1.07. The minimum Gasteiger partial charge on any atom is -0.399 e. The Balaban J connectivity index is 2.24. The number of hydrogen-bond donors (Lipinski definition) is 2. The van der Waals surface area contributed by atoms with E-state index in [1.807, 2.05) is 0 Å². The third-order valence-electron chi connectivity index (χ3n) is 3.02. The number of carbonyl (C=O) groups is 1. The molecule has 1 aromatic rings. The number of likely N-dealkylation sites (tertiary alicyclic amines) is 1. The number of nitrogens with zero attached hydrogens (tertiary/aromatic N) is 1. The number of aliphatic hydroxyl groups excluding tert-OH is 1. The Labute approximate surface area is 109 Å². The van der Waals surface area contributed by atoms with Crippen molar-refractivity contribution >= 4 is 27.5 Å². The maximum atomic E-state index is 12.3. The first-order valence-electron chi connectivity index (χ1n) is 5.59. The van der Waals surface area contributed by atoms with E-state index in [1.165, 1.54) is 0 Å². The molecule has 1 fully saturated rings. The third kappa shape index (κ3) is 2.61. The topological polar surface area (TPSA) is 66.6 Å². The van der Waals surface area contributed by atoms with E-state index in [9.17, 15) is 9.90 Å². The monoisotopic (exact) mass is 298 g/mol. The van der Waals surface area contributed by atoms with Gasteiger partial charge in [0.05, 0.1) is 12.6 Å². The maximum Gasteiger partial charge on any atom is 0.254 e. The summed E-state index contributed by atoms with van der Waals surface area (Å²) in [6, 6.07) is 5.12. The summed E-state index contributed by atoms with van der Waals surface area (Å²) in [5.41, 5.74) is 6.84. The number of nitrogen functional groups attached to an aromatic ring is 1. The van der Waals surface area contributed by atoms with Gasteiger partial charge in [-0.1, -0.05) is 15.9 Å². The predicted molar refractivity (Wildman–Crippen MR) is 69.7 cm³/mol. The zero-order valence-electron chi connectivity index (χ0n) is 9.40. The number of rotatable bonds is 2. The highest BCUT2D eigenvalue weighted by Crippen LogP contribution is 2.23. The molecule has 17 heavy (non-hydrogen) atoms. The second kappa shape index (κ2) is 5.06. The molecule has 1 amide bonds. The average molecular weight is 299 g/mol. The fraction of sp³-hybridized carbons (Fsp3) is 0.417. The van der Waals surface area contributed by atoms with Gasteiger partial charge in [0, 0.05) is 22.3 Å². The van der Waals surface area contributed by atoms with Crippen molar-refractivity contribution < 1.29 is 9.90 Å². The normalized spacial score (nSPS) is 19.6. The molecule has 0 spiro atoms. The summed E-state index contributed by atoms with van der Waals surface area (Å²) in [7, 11) is 0. The number of benzene rings is 1. The molecule has 1 heterocycles. The number of carbonyl (C=O) groups excluding carboxylic acids is 1. The van der Waals surface area contributed by atoms with E-state index in [-0.39, 0.29) is 18.6 Å². The zero-order valence-corrected chi connectivity index (χ0v) is 11.0. The van der Waals surface area contributed by atoms with E-state index in [0.717, 1.165) is 17.3 Å². The molecular formula is C12H15BrN2O2. The van der Waals surface area contributed by atoms with Crippen LogP contribution in [-0.4, -0.2) is 35.1 Å². The molecule has 1 aliphatic heterocycles. The van der Waals surface area contributed by atoms with E-state index < -0.39 is 0 Å². The lowest BCUT2D eigenvalue weighted by Gasteiger charge is -2.23. The Kier molecular flexibility index (Phi) is 3.69. The number of amides is 1. The lowest BCUT2D eigenvalue weighted by Crippen LogP contribution is -2.37. The van der Waals surface area contributed by atoms with E-state index in [1.54, 1.807) is 23.1 Å². The molecule has 1 aliphatic rings. The molecule has 0 aliphatic carbocycles. The quantitative estimate of drug-likeness (QED) is 0.816. The Morgan fingerprint density at radius 1 is 1.53 bits per heavy atom.